The SMILES string of the molecule is CC[C]1CC(C)CCC1(C(C)C)C12CC3CC(CC(C3)C1)C2. The Hall–Kier alpha value is 0. The molecule has 0 spiro atoms. The van der Waals surface area contributed by atoms with E-state index in [-0.39, 0.29) is 0 Å². The molecule has 0 saturated heterocycles. The first-order valence-corrected chi connectivity index (χ1v) is 10.3. The molecule has 0 heterocycles. The highest BCUT2D eigenvalue weighted by Crippen LogP contribution is 2.72. The van der Waals surface area contributed by atoms with Gasteiger partial charge in [0.25, 0.3) is 0 Å². The summed E-state index contributed by atoms with van der Waals surface area (Å²) in [7, 11) is 0. The molecule has 5 aliphatic carbocycles. The van der Waals surface area contributed by atoms with Gasteiger partial charge in [0, 0.05) is 0 Å². The lowest BCUT2D eigenvalue weighted by atomic mass is 9.36. The fraction of sp³-hybridized carbons (Fsp3) is 0.955. The van der Waals surface area contributed by atoms with Crippen LogP contribution in [0.4, 0.5) is 0 Å². The molecular weight excluding hydrogens is 264 g/mol. The lowest BCUT2D eigenvalue weighted by Crippen LogP contribution is -2.59. The third-order valence-corrected chi connectivity index (χ3v) is 8.65. The molecule has 5 aliphatic rings. The van der Waals surface area contributed by atoms with Crippen LogP contribution in [0, 0.1) is 46.3 Å². The highest BCUT2D eigenvalue weighted by molar-refractivity contribution is 5.21. The molecule has 22 heavy (non-hydrogen) atoms. The topological polar surface area (TPSA) is 0 Å². The average Bonchev–Trinajstić information content (AvgIpc) is 2.45. The van der Waals surface area contributed by atoms with Gasteiger partial charge in [-0.15, -0.1) is 0 Å². The van der Waals surface area contributed by atoms with Gasteiger partial charge in [-0.3, -0.25) is 0 Å². The van der Waals surface area contributed by atoms with Gasteiger partial charge in [0.05, 0.1) is 0 Å². The fourth-order valence-corrected chi connectivity index (χ4v) is 8.42. The van der Waals surface area contributed by atoms with Crippen LogP contribution in [-0.4, -0.2) is 0 Å². The largest absolute Gasteiger partial charge is 0.0648 e. The zero-order chi connectivity index (χ0) is 15.5. The first-order valence-electron chi connectivity index (χ1n) is 10.3. The number of hydrogen-bond acceptors (Lipinski definition) is 0. The zero-order valence-electron chi connectivity index (χ0n) is 15.5. The quantitative estimate of drug-likeness (QED) is 0.547. The summed E-state index contributed by atoms with van der Waals surface area (Å²) in [5.74, 6) is 7.07. The summed E-state index contributed by atoms with van der Waals surface area (Å²) in [6.45, 7) is 10.1. The van der Waals surface area contributed by atoms with E-state index in [4.69, 9.17) is 0 Å². The van der Waals surface area contributed by atoms with Crippen molar-refractivity contribution >= 4 is 0 Å². The zero-order valence-corrected chi connectivity index (χ0v) is 15.5. The van der Waals surface area contributed by atoms with Crippen molar-refractivity contribution in [3.63, 3.8) is 0 Å². The minimum Gasteiger partial charge on any atom is -0.0648 e. The Balaban J connectivity index is 1.75. The Bertz CT molecular complexity index is 384. The molecule has 0 heteroatoms. The summed E-state index contributed by atoms with van der Waals surface area (Å²) in [5.41, 5.74) is 1.31. The second kappa shape index (κ2) is 5.25. The van der Waals surface area contributed by atoms with E-state index in [1.807, 2.05) is 5.92 Å². The summed E-state index contributed by atoms with van der Waals surface area (Å²) >= 11 is 0. The third-order valence-electron chi connectivity index (χ3n) is 8.65. The Morgan fingerprint density at radius 2 is 1.55 bits per heavy atom. The summed E-state index contributed by atoms with van der Waals surface area (Å²) < 4.78 is 0. The van der Waals surface area contributed by atoms with Crippen molar-refractivity contribution in [2.24, 2.45) is 40.4 Å². The monoisotopic (exact) mass is 301 g/mol. The minimum atomic E-state index is 0.601. The third kappa shape index (κ3) is 2.01. The van der Waals surface area contributed by atoms with Gasteiger partial charge < -0.3 is 0 Å². The predicted octanol–water partition coefficient (Wildman–Crippen LogP) is 6.65. The predicted molar refractivity (Wildman–Crippen MR) is 94.4 cm³/mol. The molecular formula is C22H37. The summed E-state index contributed by atoms with van der Waals surface area (Å²) in [6, 6.07) is 0. The van der Waals surface area contributed by atoms with E-state index in [9.17, 15) is 0 Å². The average molecular weight is 302 g/mol. The normalized spacial score (nSPS) is 51.7. The molecule has 0 nitrogen and oxygen atoms in total. The van der Waals surface area contributed by atoms with E-state index in [2.05, 4.69) is 27.7 Å². The highest BCUT2D eigenvalue weighted by atomic mass is 14.7. The molecule has 1 radical (unpaired) electrons. The van der Waals surface area contributed by atoms with Crippen molar-refractivity contribution in [3.05, 3.63) is 5.92 Å². The van der Waals surface area contributed by atoms with E-state index >= 15 is 0 Å². The van der Waals surface area contributed by atoms with Gasteiger partial charge in [-0.05, 0) is 104 Å². The van der Waals surface area contributed by atoms with Gasteiger partial charge in [-0.1, -0.05) is 34.1 Å². The Labute approximate surface area is 138 Å². The van der Waals surface area contributed by atoms with Crippen molar-refractivity contribution in [2.75, 3.05) is 0 Å². The van der Waals surface area contributed by atoms with Crippen LogP contribution in [-0.2, 0) is 0 Å². The molecule has 4 bridgehead atoms. The number of hydrogen-bond donors (Lipinski definition) is 0. The number of rotatable bonds is 3. The van der Waals surface area contributed by atoms with Crippen molar-refractivity contribution in [1.82, 2.24) is 0 Å². The van der Waals surface area contributed by atoms with Crippen LogP contribution < -0.4 is 0 Å². The highest BCUT2D eigenvalue weighted by Gasteiger charge is 2.63. The van der Waals surface area contributed by atoms with Gasteiger partial charge in [0.2, 0.25) is 0 Å². The van der Waals surface area contributed by atoms with Crippen LogP contribution >= 0.6 is 0 Å². The molecule has 0 amide bonds. The van der Waals surface area contributed by atoms with Crippen LogP contribution in [0.2, 0.25) is 0 Å². The fourth-order valence-electron chi connectivity index (χ4n) is 8.42. The molecule has 5 fully saturated rings. The van der Waals surface area contributed by atoms with Crippen LogP contribution in [0.15, 0.2) is 0 Å². The van der Waals surface area contributed by atoms with Gasteiger partial charge in [0.15, 0.2) is 0 Å². The van der Waals surface area contributed by atoms with E-state index < -0.39 is 0 Å². The van der Waals surface area contributed by atoms with Gasteiger partial charge in [-0.25, -0.2) is 0 Å². The summed E-state index contributed by atoms with van der Waals surface area (Å²) in [5, 5.41) is 0. The first kappa shape index (κ1) is 15.5. The molecule has 2 unspecified atom stereocenters. The lowest BCUT2D eigenvalue weighted by molar-refractivity contribution is -0.156. The van der Waals surface area contributed by atoms with Gasteiger partial charge in [-0.2, -0.15) is 0 Å². The molecule has 0 N–H and O–H groups in total. The Kier molecular flexibility index (Phi) is 3.70. The maximum Gasteiger partial charge on any atom is -0.0156 e. The van der Waals surface area contributed by atoms with Crippen molar-refractivity contribution in [3.8, 4) is 0 Å². The van der Waals surface area contributed by atoms with Crippen LogP contribution in [0.25, 0.3) is 0 Å². The molecule has 125 valence electrons. The summed E-state index contributed by atoms with van der Waals surface area (Å²) in [6.07, 6.45) is 15.3. The van der Waals surface area contributed by atoms with Crippen LogP contribution in [0.3, 0.4) is 0 Å². The maximum absolute atomic E-state index is 2.57. The van der Waals surface area contributed by atoms with Crippen molar-refractivity contribution in [2.45, 2.75) is 91.9 Å². The van der Waals surface area contributed by atoms with Crippen molar-refractivity contribution < 1.29 is 0 Å². The molecule has 0 aromatic carbocycles. The lowest BCUT2D eigenvalue weighted by Gasteiger charge is -2.68. The standard InChI is InChI=1S/C22H37/c1-5-20-8-16(4)6-7-22(20,15(2)3)21-12-17-9-18(13-21)11-19(10-17)14-21/h15-19H,5-14H2,1-4H3. The molecule has 0 aromatic heterocycles. The van der Waals surface area contributed by atoms with E-state index in [1.54, 1.807) is 38.5 Å². The van der Waals surface area contributed by atoms with Crippen LogP contribution in [0.5, 0.6) is 0 Å². The second-order valence-electron chi connectivity index (χ2n) is 10.1. The molecule has 5 rings (SSSR count). The Morgan fingerprint density at radius 3 is 2.00 bits per heavy atom. The van der Waals surface area contributed by atoms with Gasteiger partial charge in [0.1, 0.15) is 0 Å². The van der Waals surface area contributed by atoms with E-state index in [1.165, 1.54) is 25.7 Å². The summed E-state index contributed by atoms with van der Waals surface area (Å²) in [4.78, 5) is 0. The maximum atomic E-state index is 2.57. The smallest absolute Gasteiger partial charge is 0.0156 e. The Morgan fingerprint density at radius 1 is 1.00 bits per heavy atom. The van der Waals surface area contributed by atoms with Crippen molar-refractivity contribution in [1.29, 1.82) is 0 Å². The minimum absolute atomic E-state index is 0.601. The van der Waals surface area contributed by atoms with E-state index in [0.29, 0.717) is 10.8 Å². The van der Waals surface area contributed by atoms with Crippen LogP contribution in [0.1, 0.15) is 91.9 Å². The first-order chi connectivity index (χ1) is 10.5. The molecule has 5 saturated carbocycles. The molecule has 0 aliphatic heterocycles. The second-order valence-corrected chi connectivity index (χ2v) is 10.1. The van der Waals surface area contributed by atoms with E-state index in [0.717, 1.165) is 29.6 Å². The molecule has 0 aromatic rings. The molecule has 2 atom stereocenters. The van der Waals surface area contributed by atoms with Gasteiger partial charge >= 0.3 is 0 Å².